The van der Waals surface area contributed by atoms with Crippen LogP contribution in [0.4, 0.5) is 0 Å². The first-order valence-corrected chi connectivity index (χ1v) is 10.1. The number of nitrogens with one attached hydrogen (secondary N) is 1. The molecule has 8 heteroatoms. The molecule has 4 rings (SSSR count). The summed E-state index contributed by atoms with van der Waals surface area (Å²) in [6.07, 6.45) is 1.37. The number of fused-ring (bicyclic) bond motifs is 2. The summed E-state index contributed by atoms with van der Waals surface area (Å²) < 4.78 is 12.5. The van der Waals surface area contributed by atoms with Crippen molar-refractivity contribution in [1.82, 2.24) is 14.9 Å². The maximum Gasteiger partial charge on any atom is 0.261 e. The van der Waals surface area contributed by atoms with Gasteiger partial charge in [-0.3, -0.25) is 14.2 Å². The molecule has 1 N–H and O–H groups in total. The monoisotopic (exact) mass is 427 g/mol. The average molecular weight is 428 g/mol. The Bertz CT molecular complexity index is 1160. The molecule has 1 aliphatic rings. The molecule has 156 valence electrons. The molecule has 0 fully saturated rings. The van der Waals surface area contributed by atoms with Crippen LogP contribution >= 0.6 is 11.6 Å². The van der Waals surface area contributed by atoms with E-state index >= 15 is 0 Å². The Balaban J connectivity index is 1.54. The molecule has 2 heterocycles. The standard InChI is InChI=1S/C22H22ClN3O4/c1-13(2)21(14-3-6-18-19(9-14)30-8-7-29-18)25-20(27)11-26-12-24-17-10-15(23)4-5-16(17)22(26)28/h3-6,9-10,12-13,21H,7-8,11H2,1-2H3,(H,25,27). The lowest BCUT2D eigenvalue weighted by atomic mass is 9.95. The number of hydrogen-bond acceptors (Lipinski definition) is 5. The van der Waals surface area contributed by atoms with E-state index in [2.05, 4.69) is 10.3 Å². The van der Waals surface area contributed by atoms with Crippen molar-refractivity contribution < 1.29 is 14.3 Å². The molecule has 2 aromatic carbocycles. The van der Waals surface area contributed by atoms with Gasteiger partial charge in [0.15, 0.2) is 11.5 Å². The molecule has 7 nitrogen and oxygen atoms in total. The predicted molar refractivity (Wildman–Crippen MR) is 114 cm³/mol. The van der Waals surface area contributed by atoms with Gasteiger partial charge in [0, 0.05) is 5.02 Å². The molecule has 0 aliphatic carbocycles. The van der Waals surface area contributed by atoms with Crippen molar-refractivity contribution >= 4 is 28.4 Å². The van der Waals surface area contributed by atoms with Gasteiger partial charge in [0.2, 0.25) is 5.91 Å². The maximum absolute atomic E-state index is 12.8. The summed E-state index contributed by atoms with van der Waals surface area (Å²) in [5.41, 5.74) is 1.13. The predicted octanol–water partition coefficient (Wildman–Crippen LogP) is 3.33. The first-order chi connectivity index (χ1) is 14.4. The number of benzene rings is 2. The van der Waals surface area contributed by atoms with Crippen LogP contribution in [-0.2, 0) is 11.3 Å². The number of aromatic nitrogens is 2. The van der Waals surface area contributed by atoms with E-state index in [4.69, 9.17) is 21.1 Å². The van der Waals surface area contributed by atoms with E-state index in [-0.39, 0.29) is 30.0 Å². The van der Waals surface area contributed by atoms with E-state index in [1.165, 1.54) is 10.9 Å². The van der Waals surface area contributed by atoms with Crippen molar-refractivity contribution in [2.45, 2.75) is 26.4 Å². The molecule has 1 aromatic heterocycles. The van der Waals surface area contributed by atoms with Gasteiger partial charge in [-0.2, -0.15) is 0 Å². The summed E-state index contributed by atoms with van der Waals surface area (Å²) in [5, 5.41) is 3.95. The Hall–Kier alpha value is -3.06. The quantitative estimate of drug-likeness (QED) is 0.675. The van der Waals surface area contributed by atoms with Crippen molar-refractivity contribution in [3.8, 4) is 11.5 Å². The maximum atomic E-state index is 12.8. The Morgan fingerprint density at radius 1 is 1.17 bits per heavy atom. The second-order valence-electron chi connectivity index (χ2n) is 7.53. The topological polar surface area (TPSA) is 82.5 Å². The highest BCUT2D eigenvalue weighted by Crippen LogP contribution is 2.34. The third-order valence-corrected chi connectivity index (χ3v) is 5.24. The third kappa shape index (κ3) is 4.11. The van der Waals surface area contributed by atoms with Crippen LogP contribution in [-0.4, -0.2) is 28.7 Å². The minimum atomic E-state index is -0.285. The van der Waals surface area contributed by atoms with Gasteiger partial charge in [-0.1, -0.05) is 31.5 Å². The highest BCUT2D eigenvalue weighted by atomic mass is 35.5. The van der Waals surface area contributed by atoms with Crippen molar-refractivity contribution in [2.24, 2.45) is 5.92 Å². The van der Waals surface area contributed by atoms with E-state index in [0.717, 1.165) is 5.56 Å². The van der Waals surface area contributed by atoms with E-state index in [9.17, 15) is 9.59 Å². The van der Waals surface area contributed by atoms with Crippen molar-refractivity contribution in [1.29, 1.82) is 0 Å². The summed E-state index contributed by atoms with van der Waals surface area (Å²) in [4.78, 5) is 29.7. The van der Waals surface area contributed by atoms with Crippen LogP contribution in [0, 0.1) is 5.92 Å². The first kappa shape index (κ1) is 20.2. The Morgan fingerprint density at radius 3 is 2.70 bits per heavy atom. The number of nitrogens with zero attached hydrogens (tertiary/aromatic N) is 2. The van der Waals surface area contributed by atoms with E-state index < -0.39 is 0 Å². The van der Waals surface area contributed by atoms with Crippen molar-refractivity contribution in [2.75, 3.05) is 13.2 Å². The smallest absolute Gasteiger partial charge is 0.261 e. The van der Waals surface area contributed by atoms with Gasteiger partial charge in [-0.15, -0.1) is 0 Å². The molecule has 0 bridgehead atoms. The van der Waals surface area contributed by atoms with Crippen molar-refractivity contribution in [3.05, 3.63) is 63.7 Å². The normalized spacial score (nSPS) is 14.0. The van der Waals surface area contributed by atoms with Crippen LogP contribution in [0.5, 0.6) is 11.5 Å². The van der Waals surface area contributed by atoms with E-state index in [0.29, 0.717) is 40.6 Å². The fourth-order valence-electron chi connectivity index (χ4n) is 3.51. The first-order valence-electron chi connectivity index (χ1n) is 9.76. The molecule has 1 unspecified atom stereocenters. The molecule has 1 atom stereocenters. The van der Waals surface area contributed by atoms with Crippen LogP contribution < -0.4 is 20.3 Å². The zero-order chi connectivity index (χ0) is 21.3. The lowest BCUT2D eigenvalue weighted by Gasteiger charge is -2.25. The third-order valence-electron chi connectivity index (χ3n) is 5.01. The summed E-state index contributed by atoms with van der Waals surface area (Å²) in [6.45, 7) is 4.94. The van der Waals surface area contributed by atoms with Gasteiger partial charge in [0.25, 0.3) is 5.56 Å². The summed E-state index contributed by atoms with van der Waals surface area (Å²) >= 11 is 5.95. The summed E-state index contributed by atoms with van der Waals surface area (Å²) in [6, 6.07) is 10.3. The molecule has 1 amide bonds. The second-order valence-corrected chi connectivity index (χ2v) is 7.97. The molecule has 0 spiro atoms. The number of hydrogen-bond donors (Lipinski definition) is 1. The number of carbonyl (C=O) groups is 1. The average Bonchev–Trinajstić information content (AvgIpc) is 2.73. The minimum absolute atomic E-state index is 0.127. The molecule has 0 saturated carbocycles. The van der Waals surface area contributed by atoms with Gasteiger partial charge >= 0.3 is 0 Å². The lowest BCUT2D eigenvalue weighted by molar-refractivity contribution is -0.122. The molecular formula is C22H22ClN3O4. The van der Waals surface area contributed by atoms with Gasteiger partial charge in [0.1, 0.15) is 19.8 Å². The number of ether oxygens (including phenoxy) is 2. The van der Waals surface area contributed by atoms with Gasteiger partial charge in [-0.05, 0) is 41.8 Å². The largest absolute Gasteiger partial charge is 0.486 e. The molecule has 0 radical (unpaired) electrons. The fourth-order valence-corrected chi connectivity index (χ4v) is 3.67. The van der Waals surface area contributed by atoms with E-state index in [1.54, 1.807) is 18.2 Å². The Kier molecular flexibility index (Phi) is 5.63. The zero-order valence-electron chi connectivity index (χ0n) is 16.7. The number of rotatable bonds is 5. The zero-order valence-corrected chi connectivity index (χ0v) is 17.5. The van der Waals surface area contributed by atoms with E-state index in [1.807, 2.05) is 32.0 Å². The number of halogens is 1. The van der Waals surface area contributed by atoms with Crippen LogP contribution in [0.3, 0.4) is 0 Å². The van der Waals surface area contributed by atoms with Crippen molar-refractivity contribution in [3.63, 3.8) is 0 Å². The Morgan fingerprint density at radius 2 is 1.93 bits per heavy atom. The van der Waals surface area contributed by atoms with Gasteiger partial charge < -0.3 is 14.8 Å². The number of amides is 1. The van der Waals surface area contributed by atoms with Crippen LogP contribution in [0.15, 0.2) is 47.5 Å². The fraction of sp³-hybridized carbons (Fsp3) is 0.318. The van der Waals surface area contributed by atoms with Crippen LogP contribution in [0.25, 0.3) is 10.9 Å². The van der Waals surface area contributed by atoms with Crippen LogP contribution in [0.1, 0.15) is 25.5 Å². The lowest BCUT2D eigenvalue weighted by Crippen LogP contribution is -2.36. The molecule has 30 heavy (non-hydrogen) atoms. The summed E-state index contributed by atoms with van der Waals surface area (Å²) in [7, 11) is 0. The highest BCUT2D eigenvalue weighted by molar-refractivity contribution is 6.31. The van der Waals surface area contributed by atoms with Gasteiger partial charge in [0.05, 0.1) is 23.3 Å². The number of carbonyl (C=O) groups excluding carboxylic acids is 1. The molecule has 1 aliphatic heterocycles. The Labute approximate surface area is 178 Å². The molecular weight excluding hydrogens is 406 g/mol. The van der Waals surface area contributed by atoms with Gasteiger partial charge in [-0.25, -0.2) is 4.98 Å². The molecule has 3 aromatic rings. The molecule has 0 saturated heterocycles. The van der Waals surface area contributed by atoms with Crippen LogP contribution in [0.2, 0.25) is 5.02 Å². The SMILES string of the molecule is CC(C)C(NC(=O)Cn1cnc2cc(Cl)ccc2c1=O)c1ccc2c(c1)OCCO2. The summed E-state index contributed by atoms with van der Waals surface area (Å²) in [5.74, 6) is 1.23. The highest BCUT2D eigenvalue weighted by Gasteiger charge is 2.22. The minimum Gasteiger partial charge on any atom is -0.486 e. The second kappa shape index (κ2) is 8.36.